The van der Waals surface area contributed by atoms with Crippen molar-refractivity contribution in [2.75, 3.05) is 23.9 Å². The molecule has 0 radical (unpaired) electrons. The number of halogens is 3. The molecule has 17 heavy (non-hydrogen) atoms. The molecule has 6 heteroatoms. The summed E-state index contributed by atoms with van der Waals surface area (Å²) in [5.41, 5.74) is 0.632. The van der Waals surface area contributed by atoms with Crippen molar-refractivity contribution in [2.24, 2.45) is 0 Å². The van der Waals surface area contributed by atoms with Crippen molar-refractivity contribution in [3.8, 4) is 5.75 Å². The minimum absolute atomic E-state index is 0.202. The van der Waals surface area contributed by atoms with Gasteiger partial charge in [-0.25, -0.2) is 0 Å². The number of hydrogen-bond donors (Lipinski definition) is 1. The van der Waals surface area contributed by atoms with Gasteiger partial charge in [0.25, 0.3) is 0 Å². The number of hydrogen-bond acceptors (Lipinski definition) is 3. The van der Waals surface area contributed by atoms with Gasteiger partial charge in [0, 0.05) is 18.3 Å². The van der Waals surface area contributed by atoms with E-state index in [4.69, 9.17) is 0 Å². The van der Waals surface area contributed by atoms with Gasteiger partial charge in [0.2, 0.25) is 0 Å². The van der Waals surface area contributed by atoms with Gasteiger partial charge >= 0.3 is 6.36 Å². The largest absolute Gasteiger partial charge is 0.573 e. The van der Waals surface area contributed by atoms with Crippen molar-refractivity contribution in [2.45, 2.75) is 12.8 Å². The first kappa shape index (κ1) is 14.0. The Bertz CT molecular complexity index is 344. The Morgan fingerprint density at radius 1 is 1.35 bits per heavy atom. The van der Waals surface area contributed by atoms with Gasteiger partial charge in [-0.2, -0.15) is 11.8 Å². The highest BCUT2D eigenvalue weighted by Crippen LogP contribution is 2.24. The summed E-state index contributed by atoms with van der Waals surface area (Å²) in [4.78, 5) is 0. The molecular formula is C11H14F3NOS. The van der Waals surface area contributed by atoms with Gasteiger partial charge in [0.05, 0.1) is 0 Å². The van der Waals surface area contributed by atoms with Gasteiger partial charge < -0.3 is 10.1 Å². The predicted octanol–water partition coefficient (Wildman–Crippen LogP) is 3.75. The number of benzene rings is 1. The minimum Gasteiger partial charge on any atom is -0.406 e. The lowest BCUT2D eigenvalue weighted by Crippen LogP contribution is -2.17. The van der Waals surface area contributed by atoms with Crippen molar-refractivity contribution >= 4 is 17.4 Å². The van der Waals surface area contributed by atoms with Crippen molar-refractivity contribution in [1.82, 2.24) is 0 Å². The van der Waals surface area contributed by atoms with E-state index in [0.29, 0.717) is 5.69 Å². The van der Waals surface area contributed by atoms with E-state index in [-0.39, 0.29) is 5.75 Å². The Labute approximate surface area is 103 Å². The van der Waals surface area contributed by atoms with E-state index in [9.17, 15) is 13.2 Å². The van der Waals surface area contributed by atoms with E-state index in [1.807, 2.05) is 6.26 Å². The molecule has 2 nitrogen and oxygen atoms in total. The first-order valence-corrected chi connectivity index (χ1v) is 6.49. The number of ether oxygens (including phenoxy) is 1. The Kier molecular flexibility index (Phi) is 5.47. The summed E-state index contributed by atoms with van der Waals surface area (Å²) in [5, 5.41) is 3.04. The highest BCUT2D eigenvalue weighted by atomic mass is 32.2. The van der Waals surface area contributed by atoms with Crippen LogP contribution in [-0.4, -0.2) is 24.9 Å². The summed E-state index contributed by atoms with van der Waals surface area (Å²) in [6.45, 7) is 0.732. The lowest BCUT2D eigenvalue weighted by atomic mass is 10.3. The average Bonchev–Trinajstić information content (AvgIpc) is 2.23. The molecule has 0 fully saturated rings. The van der Waals surface area contributed by atoms with Gasteiger partial charge in [-0.15, -0.1) is 13.2 Å². The molecule has 0 saturated heterocycles. The van der Waals surface area contributed by atoms with E-state index in [1.165, 1.54) is 18.2 Å². The van der Waals surface area contributed by atoms with E-state index >= 15 is 0 Å². The highest BCUT2D eigenvalue weighted by molar-refractivity contribution is 7.98. The SMILES string of the molecule is CSCCCNc1cccc(OC(F)(F)F)c1. The zero-order chi connectivity index (χ0) is 12.7. The normalized spacial score (nSPS) is 11.3. The third-order valence-electron chi connectivity index (χ3n) is 1.92. The summed E-state index contributed by atoms with van der Waals surface area (Å²) >= 11 is 1.73. The Hall–Kier alpha value is -1.04. The van der Waals surface area contributed by atoms with Gasteiger partial charge in [0.1, 0.15) is 5.75 Å². The standard InChI is InChI=1S/C11H14F3NOS/c1-17-7-3-6-15-9-4-2-5-10(8-9)16-11(12,13)14/h2,4-5,8,15H,3,6-7H2,1H3. The molecule has 0 aliphatic heterocycles. The number of thioether (sulfide) groups is 1. The molecular weight excluding hydrogens is 251 g/mol. The van der Waals surface area contributed by atoms with Crippen LogP contribution in [0.25, 0.3) is 0 Å². The number of rotatable bonds is 6. The second kappa shape index (κ2) is 6.64. The van der Waals surface area contributed by atoms with Gasteiger partial charge in [-0.3, -0.25) is 0 Å². The van der Waals surface area contributed by atoms with Crippen LogP contribution in [0.15, 0.2) is 24.3 Å². The summed E-state index contributed by atoms with van der Waals surface area (Å²) in [5.74, 6) is 0.818. The van der Waals surface area contributed by atoms with Crippen LogP contribution >= 0.6 is 11.8 Å². The average molecular weight is 265 g/mol. The van der Waals surface area contributed by atoms with Crippen LogP contribution < -0.4 is 10.1 Å². The highest BCUT2D eigenvalue weighted by Gasteiger charge is 2.31. The fraction of sp³-hybridized carbons (Fsp3) is 0.455. The summed E-state index contributed by atoms with van der Waals surface area (Å²) < 4.78 is 39.8. The second-order valence-electron chi connectivity index (χ2n) is 3.35. The number of alkyl halides is 3. The lowest BCUT2D eigenvalue weighted by Gasteiger charge is -2.11. The van der Waals surface area contributed by atoms with Crippen LogP contribution in [0.1, 0.15) is 6.42 Å². The number of nitrogens with one attached hydrogen (secondary N) is 1. The zero-order valence-corrected chi connectivity index (χ0v) is 10.2. The maximum atomic E-state index is 12.0. The quantitative estimate of drug-likeness (QED) is 0.791. The molecule has 0 aliphatic rings. The molecule has 0 aliphatic carbocycles. The van der Waals surface area contributed by atoms with Crippen LogP contribution in [0.2, 0.25) is 0 Å². The second-order valence-corrected chi connectivity index (χ2v) is 4.33. The van der Waals surface area contributed by atoms with Crippen molar-refractivity contribution in [3.05, 3.63) is 24.3 Å². The van der Waals surface area contributed by atoms with E-state index < -0.39 is 6.36 Å². The molecule has 1 rings (SSSR count). The van der Waals surface area contributed by atoms with Crippen LogP contribution in [0, 0.1) is 0 Å². The molecule has 1 aromatic rings. The monoisotopic (exact) mass is 265 g/mol. The zero-order valence-electron chi connectivity index (χ0n) is 9.38. The van der Waals surface area contributed by atoms with Gasteiger partial charge in [0.15, 0.2) is 0 Å². The van der Waals surface area contributed by atoms with Crippen LogP contribution in [0.5, 0.6) is 5.75 Å². The maximum absolute atomic E-state index is 12.0. The van der Waals surface area contributed by atoms with Crippen molar-refractivity contribution < 1.29 is 17.9 Å². The Morgan fingerprint density at radius 3 is 2.76 bits per heavy atom. The number of anilines is 1. The molecule has 0 aromatic heterocycles. The fourth-order valence-corrected chi connectivity index (χ4v) is 1.69. The molecule has 1 N–H and O–H groups in total. The first-order valence-electron chi connectivity index (χ1n) is 5.10. The van der Waals surface area contributed by atoms with Gasteiger partial charge in [-0.05, 0) is 30.6 Å². The molecule has 0 saturated carbocycles. The topological polar surface area (TPSA) is 21.3 Å². The smallest absolute Gasteiger partial charge is 0.406 e. The predicted molar refractivity (Wildman–Crippen MR) is 64.6 cm³/mol. The third kappa shape index (κ3) is 6.31. The summed E-state index contributed by atoms with van der Waals surface area (Å²) in [6.07, 6.45) is -1.67. The van der Waals surface area contributed by atoms with Gasteiger partial charge in [-0.1, -0.05) is 6.07 Å². The minimum atomic E-state index is -4.64. The van der Waals surface area contributed by atoms with Crippen LogP contribution in [-0.2, 0) is 0 Å². The summed E-state index contributed by atoms with van der Waals surface area (Å²) in [6, 6.07) is 5.85. The van der Waals surface area contributed by atoms with Crippen LogP contribution in [0.4, 0.5) is 18.9 Å². The molecule has 0 amide bonds. The van der Waals surface area contributed by atoms with E-state index in [0.717, 1.165) is 18.7 Å². The van der Waals surface area contributed by atoms with Crippen molar-refractivity contribution in [1.29, 1.82) is 0 Å². The van der Waals surface area contributed by atoms with E-state index in [2.05, 4.69) is 10.1 Å². The molecule has 1 aromatic carbocycles. The fourth-order valence-electron chi connectivity index (χ4n) is 1.25. The molecule has 0 unspecified atom stereocenters. The van der Waals surface area contributed by atoms with Crippen LogP contribution in [0.3, 0.4) is 0 Å². The van der Waals surface area contributed by atoms with E-state index in [1.54, 1.807) is 17.8 Å². The molecule has 0 heterocycles. The molecule has 96 valence electrons. The maximum Gasteiger partial charge on any atom is 0.573 e. The summed E-state index contributed by atoms with van der Waals surface area (Å²) in [7, 11) is 0. The molecule has 0 bridgehead atoms. The van der Waals surface area contributed by atoms with Crippen molar-refractivity contribution in [3.63, 3.8) is 0 Å². The lowest BCUT2D eigenvalue weighted by molar-refractivity contribution is -0.274. The molecule has 0 spiro atoms. The Balaban J connectivity index is 2.48. The third-order valence-corrected chi connectivity index (χ3v) is 2.62. The Morgan fingerprint density at radius 2 is 2.12 bits per heavy atom. The first-order chi connectivity index (χ1) is 8.01. The molecule has 0 atom stereocenters.